The van der Waals surface area contributed by atoms with Gasteiger partial charge in [0.2, 0.25) is 0 Å². The van der Waals surface area contributed by atoms with E-state index in [0.29, 0.717) is 6.54 Å². The van der Waals surface area contributed by atoms with Crippen LogP contribution < -0.4 is 0 Å². The number of piperidine rings is 1. The third-order valence-corrected chi connectivity index (χ3v) is 2.48. The Labute approximate surface area is 71.8 Å². The zero-order valence-corrected chi connectivity index (χ0v) is 7.23. The van der Waals surface area contributed by atoms with E-state index >= 15 is 0 Å². The molecule has 4 heteroatoms. The topological polar surface area (TPSA) is 60.8 Å². The Balaban J connectivity index is 2.53. The highest BCUT2D eigenvalue weighted by molar-refractivity contribution is 5.65. The third kappa shape index (κ3) is 1.88. The molecule has 1 heterocycles. The summed E-state index contributed by atoms with van der Waals surface area (Å²) in [6, 6.07) is 0.102. The summed E-state index contributed by atoms with van der Waals surface area (Å²) in [4.78, 5) is 12.1. The second-order valence-electron chi connectivity index (χ2n) is 3.41. The van der Waals surface area contributed by atoms with Gasteiger partial charge in [-0.2, -0.15) is 0 Å². The summed E-state index contributed by atoms with van der Waals surface area (Å²) in [5.41, 5.74) is 0. The second kappa shape index (κ2) is 3.76. The van der Waals surface area contributed by atoms with Crippen LogP contribution in [0, 0.1) is 5.92 Å². The second-order valence-corrected chi connectivity index (χ2v) is 3.41. The fourth-order valence-corrected chi connectivity index (χ4v) is 1.60. The van der Waals surface area contributed by atoms with E-state index < -0.39 is 6.09 Å². The average molecular weight is 173 g/mol. The van der Waals surface area contributed by atoms with Crippen molar-refractivity contribution in [1.82, 2.24) is 4.90 Å². The molecule has 0 aliphatic carbocycles. The monoisotopic (exact) mass is 173 g/mol. The van der Waals surface area contributed by atoms with E-state index in [0.717, 1.165) is 12.8 Å². The molecule has 0 saturated carbocycles. The lowest BCUT2D eigenvalue weighted by Crippen LogP contribution is -2.45. The molecule has 0 unspecified atom stereocenters. The van der Waals surface area contributed by atoms with Crippen molar-refractivity contribution < 1.29 is 15.0 Å². The van der Waals surface area contributed by atoms with Crippen molar-refractivity contribution in [2.24, 2.45) is 5.92 Å². The fraction of sp³-hybridized carbons (Fsp3) is 0.875. The molecule has 0 spiro atoms. The lowest BCUT2D eigenvalue weighted by molar-refractivity contribution is 0.0739. The minimum absolute atomic E-state index is 0.0938. The number of hydrogen-bond donors (Lipinski definition) is 2. The number of aliphatic hydroxyl groups is 1. The molecule has 4 nitrogen and oxygen atoms in total. The number of aliphatic hydroxyl groups excluding tert-OH is 1. The maximum absolute atomic E-state index is 10.7. The Hall–Kier alpha value is -0.770. The van der Waals surface area contributed by atoms with Gasteiger partial charge in [-0.05, 0) is 25.7 Å². The van der Waals surface area contributed by atoms with Gasteiger partial charge in [0.1, 0.15) is 0 Å². The van der Waals surface area contributed by atoms with Gasteiger partial charge in [0.15, 0.2) is 0 Å². The zero-order chi connectivity index (χ0) is 9.14. The van der Waals surface area contributed by atoms with Crippen molar-refractivity contribution in [3.05, 3.63) is 0 Å². The van der Waals surface area contributed by atoms with Gasteiger partial charge in [0.05, 0.1) is 0 Å². The van der Waals surface area contributed by atoms with Gasteiger partial charge in [-0.3, -0.25) is 0 Å². The van der Waals surface area contributed by atoms with Crippen LogP contribution in [-0.4, -0.2) is 40.4 Å². The van der Waals surface area contributed by atoms with Crippen LogP contribution in [0.2, 0.25) is 0 Å². The molecule has 2 N–H and O–H groups in total. The predicted molar refractivity (Wildman–Crippen MR) is 44.0 cm³/mol. The van der Waals surface area contributed by atoms with Crippen LogP contribution >= 0.6 is 0 Å². The number of likely N-dealkylation sites (tertiary alicyclic amines) is 1. The molecule has 1 aliphatic rings. The smallest absolute Gasteiger partial charge is 0.407 e. The molecule has 1 saturated heterocycles. The molecule has 0 aromatic rings. The molecular formula is C8H15NO3. The van der Waals surface area contributed by atoms with E-state index in [2.05, 4.69) is 0 Å². The Morgan fingerprint density at radius 2 is 2.25 bits per heavy atom. The Morgan fingerprint density at radius 1 is 1.58 bits per heavy atom. The molecule has 0 bridgehead atoms. The summed E-state index contributed by atoms with van der Waals surface area (Å²) in [5.74, 6) is 0.136. The predicted octanol–water partition coefficient (Wildman–Crippen LogP) is 0.757. The first-order chi connectivity index (χ1) is 5.65. The normalized spacial score (nSPS) is 30.3. The van der Waals surface area contributed by atoms with Crippen molar-refractivity contribution in [1.29, 1.82) is 0 Å². The highest BCUT2D eigenvalue weighted by Crippen LogP contribution is 2.21. The van der Waals surface area contributed by atoms with Gasteiger partial charge in [0.25, 0.3) is 0 Å². The number of carboxylic acid groups (broad SMARTS) is 1. The van der Waals surface area contributed by atoms with E-state index in [4.69, 9.17) is 10.2 Å². The summed E-state index contributed by atoms with van der Waals surface area (Å²) in [6.07, 6.45) is 0.916. The molecule has 70 valence electrons. The standard InChI is InChI=1S/C8H15NO3/c1-6-2-3-7(5-10)4-9(6)8(11)12/h6-7,10H,2-5H2,1H3,(H,11,12)/t6-,7-/m1/s1. The van der Waals surface area contributed by atoms with Crippen molar-refractivity contribution in [2.75, 3.05) is 13.2 Å². The van der Waals surface area contributed by atoms with Crippen LogP contribution in [0.4, 0.5) is 4.79 Å². The molecule has 0 aromatic heterocycles. The lowest BCUT2D eigenvalue weighted by Gasteiger charge is -2.35. The van der Waals surface area contributed by atoms with E-state index in [9.17, 15) is 4.79 Å². The van der Waals surface area contributed by atoms with Crippen molar-refractivity contribution >= 4 is 6.09 Å². The van der Waals surface area contributed by atoms with E-state index in [1.807, 2.05) is 6.92 Å². The quantitative estimate of drug-likeness (QED) is 0.615. The summed E-state index contributed by atoms with van der Waals surface area (Å²) >= 11 is 0. The lowest BCUT2D eigenvalue weighted by atomic mass is 9.95. The molecule has 1 fully saturated rings. The largest absolute Gasteiger partial charge is 0.465 e. The van der Waals surface area contributed by atoms with Crippen molar-refractivity contribution in [2.45, 2.75) is 25.8 Å². The minimum Gasteiger partial charge on any atom is -0.465 e. The minimum atomic E-state index is -0.874. The molecular weight excluding hydrogens is 158 g/mol. The van der Waals surface area contributed by atoms with Crippen molar-refractivity contribution in [3.8, 4) is 0 Å². The molecule has 2 atom stereocenters. The van der Waals surface area contributed by atoms with E-state index in [1.165, 1.54) is 4.90 Å². The Kier molecular flexibility index (Phi) is 2.92. The molecule has 1 aliphatic heterocycles. The third-order valence-electron chi connectivity index (χ3n) is 2.48. The molecule has 12 heavy (non-hydrogen) atoms. The summed E-state index contributed by atoms with van der Waals surface area (Å²) < 4.78 is 0. The van der Waals surface area contributed by atoms with Crippen molar-refractivity contribution in [3.63, 3.8) is 0 Å². The average Bonchev–Trinajstić information content (AvgIpc) is 2.05. The molecule has 0 aromatic carbocycles. The van der Waals surface area contributed by atoms with E-state index in [-0.39, 0.29) is 18.6 Å². The zero-order valence-electron chi connectivity index (χ0n) is 7.23. The molecule has 1 rings (SSSR count). The maximum Gasteiger partial charge on any atom is 0.407 e. The molecule has 0 radical (unpaired) electrons. The first kappa shape index (κ1) is 9.32. The van der Waals surface area contributed by atoms with Crippen LogP contribution in [0.1, 0.15) is 19.8 Å². The van der Waals surface area contributed by atoms with E-state index in [1.54, 1.807) is 0 Å². The number of amides is 1. The van der Waals surface area contributed by atoms with Crippen LogP contribution in [0.3, 0.4) is 0 Å². The summed E-state index contributed by atoms with van der Waals surface area (Å²) in [7, 11) is 0. The van der Waals surface area contributed by atoms with Gasteiger partial charge >= 0.3 is 6.09 Å². The van der Waals surface area contributed by atoms with Crippen LogP contribution in [0.25, 0.3) is 0 Å². The van der Waals surface area contributed by atoms with Gasteiger partial charge < -0.3 is 15.1 Å². The van der Waals surface area contributed by atoms with Gasteiger partial charge in [-0.15, -0.1) is 0 Å². The first-order valence-corrected chi connectivity index (χ1v) is 4.25. The van der Waals surface area contributed by atoms with Gasteiger partial charge in [-0.25, -0.2) is 4.79 Å². The van der Waals surface area contributed by atoms with Crippen LogP contribution in [0.15, 0.2) is 0 Å². The van der Waals surface area contributed by atoms with Gasteiger partial charge in [-0.1, -0.05) is 0 Å². The number of rotatable bonds is 1. The Bertz CT molecular complexity index is 172. The summed E-state index contributed by atoms with van der Waals surface area (Å²) in [5, 5.41) is 17.6. The summed E-state index contributed by atoms with van der Waals surface area (Å²) in [6.45, 7) is 2.48. The number of nitrogens with zero attached hydrogens (tertiary/aromatic N) is 1. The molecule has 1 amide bonds. The van der Waals surface area contributed by atoms with Crippen LogP contribution in [0.5, 0.6) is 0 Å². The van der Waals surface area contributed by atoms with Gasteiger partial charge in [0, 0.05) is 19.2 Å². The van der Waals surface area contributed by atoms with Crippen LogP contribution in [-0.2, 0) is 0 Å². The number of hydrogen-bond acceptors (Lipinski definition) is 2. The highest BCUT2D eigenvalue weighted by Gasteiger charge is 2.27. The fourth-order valence-electron chi connectivity index (χ4n) is 1.60. The Morgan fingerprint density at radius 3 is 2.75 bits per heavy atom. The SMILES string of the molecule is C[C@@H]1CC[C@@H](CO)CN1C(=O)O. The maximum atomic E-state index is 10.7. The highest BCUT2D eigenvalue weighted by atomic mass is 16.4. The number of carbonyl (C=O) groups is 1. The first-order valence-electron chi connectivity index (χ1n) is 4.25.